The van der Waals surface area contributed by atoms with Gasteiger partial charge in [0, 0.05) is 31.2 Å². The highest BCUT2D eigenvalue weighted by atomic mass is 16.5. The molecular weight excluding hydrogens is 200 g/mol. The van der Waals surface area contributed by atoms with E-state index >= 15 is 0 Å². The second-order valence-electron chi connectivity index (χ2n) is 5.27. The predicted octanol–water partition coefficient (Wildman–Crippen LogP) is 1.49. The number of nitrogens with zero attached hydrogens (tertiary/aromatic N) is 1. The Morgan fingerprint density at radius 3 is 2.94 bits per heavy atom. The summed E-state index contributed by atoms with van der Waals surface area (Å²) in [5.41, 5.74) is 0. The Hall–Kier alpha value is -0.120. The van der Waals surface area contributed by atoms with Crippen LogP contribution in [0, 0.1) is 5.92 Å². The summed E-state index contributed by atoms with van der Waals surface area (Å²) >= 11 is 0. The van der Waals surface area contributed by atoms with Crippen LogP contribution in [-0.2, 0) is 4.74 Å². The molecule has 3 atom stereocenters. The van der Waals surface area contributed by atoms with Crippen LogP contribution in [0.5, 0.6) is 0 Å². The summed E-state index contributed by atoms with van der Waals surface area (Å²) in [5, 5.41) is 3.62. The van der Waals surface area contributed by atoms with Crippen molar-refractivity contribution >= 4 is 0 Å². The van der Waals surface area contributed by atoms with E-state index in [1.54, 1.807) is 0 Å². The lowest BCUT2D eigenvalue weighted by atomic mass is 9.95. The molecule has 2 saturated heterocycles. The Morgan fingerprint density at radius 2 is 2.25 bits per heavy atom. The molecule has 2 aliphatic heterocycles. The monoisotopic (exact) mass is 226 g/mol. The zero-order valence-electron chi connectivity index (χ0n) is 10.7. The third kappa shape index (κ3) is 2.96. The maximum atomic E-state index is 5.64. The molecule has 2 heterocycles. The highest BCUT2D eigenvalue weighted by Crippen LogP contribution is 2.22. The van der Waals surface area contributed by atoms with Crippen molar-refractivity contribution in [2.24, 2.45) is 5.92 Å². The van der Waals surface area contributed by atoms with Crippen LogP contribution in [-0.4, -0.2) is 49.8 Å². The van der Waals surface area contributed by atoms with Gasteiger partial charge in [-0.3, -0.25) is 0 Å². The van der Waals surface area contributed by atoms with Gasteiger partial charge in [0.2, 0.25) is 0 Å². The second kappa shape index (κ2) is 5.99. The molecule has 0 bridgehead atoms. The lowest BCUT2D eigenvalue weighted by Crippen LogP contribution is -2.48. The van der Waals surface area contributed by atoms with Gasteiger partial charge in [0.15, 0.2) is 0 Å². The van der Waals surface area contributed by atoms with Crippen LogP contribution in [0.1, 0.15) is 33.1 Å². The van der Waals surface area contributed by atoms with Gasteiger partial charge < -0.3 is 15.0 Å². The number of ether oxygens (including phenoxy) is 1. The van der Waals surface area contributed by atoms with Crippen molar-refractivity contribution in [1.29, 1.82) is 0 Å². The van der Waals surface area contributed by atoms with E-state index in [0.717, 1.165) is 25.8 Å². The van der Waals surface area contributed by atoms with Crippen molar-refractivity contribution in [3.05, 3.63) is 0 Å². The first-order valence-electron chi connectivity index (χ1n) is 6.86. The summed E-state index contributed by atoms with van der Waals surface area (Å²) in [5.74, 6) is 0.689. The fourth-order valence-electron chi connectivity index (χ4n) is 3.07. The molecule has 1 N–H and O–H groups in total. The van der Waals surface area contributed by atoms with E-state index in [9.17, 15) is 0 Å². The molecule has 0 aliphatic carbocycles. The van der Waals surface area contributed by atoms with Crippen molar-refractivity contribution in [3.8, 4) is 0 Å². The Labute approximate surface area is 99.5 Å². The molecule has 0 spiro atoms. The van der Waals surface area contributed by atoms with Gasteiger partial charge in [-0.25, -0.2) is 0 Å². The minimum absolute atomic E-state index is 0.673. The molecule has 3 heteroatoms. The molecule has 16 heavy (non-hydrogen) atoms. The Morgan fingerprint density at radius 1 is 1.38 bits per heavy atom. The van der Waals surface area contributed by atoms with Gasteiger partial charge in [0.05, 0.1) is 6.61 Å². The maximum absolute atomic E-state index is 5.64. The van der Waals surface area contributed by atoms with Crippen LogP contribution in [0.15, 0.2) is 0 Å². The van der Waals surface area contributed by atoms with Crippen LogP contribution in [0.3, 0.4) is 0 Å². The van der Waals surface area contributed by atoms with E-state index in [-0.39, 0.29) is 0 Å². The highest BCUT2D eigenvalue weighted by molar-refractivity contribution is 4.85. The molecule has 2 fully saturated rings. The van der Waals surface area contributed by atoms with Crippen LogP contribution < -0.4 is 5.32 Å². The van der Waals surface area contributed by atoms with Crippen molar-refractivity contribution < 1.29 is 4.74 Å². The van der Waals surface area contributed by atoms with E-state index in [1.165, 1.54) is 32.4 Å². The molecule has 94 valence electrons. The fourth-order valence-corrected chi connectivity index (χ4v) is 3.07. The van der Waals surface area contributed by atoms with Gasteiger partial charge >= 0.3 is 0 Å². The normalized spacial score (nSPS) is 36.8. The zero-order chi connectivity index (χ0) is 11.4. The first-order valence-corrected chi connectivity index (χ1v) is 6.86. The van der Waals surface area contributed by atoms with Gasteiger partial charge in [-0.15, -0.1) is 0 Å². The first kappa shape index (κ1) is 12.3. The Balaban J connectivity index is 1.85. The van der Waals surface area contributed by atoms with Gasteiger partial charge in [-0.05, 0) is 39.3 Å². The summed E-state index contributed by atoms with van der Waals surface area (Å²) in [6, 6.07) is 1.45. The maximum Gasteiger partial charge on any atom is 0.0521 e. The van der Waals surface area contributed by atoms with Crippen LogP contribution in [0.4, 0.5) is 0 Å². The quantitative estimate of drug-likeness (QED) is 0.786. The minimum Gasteiger partial charge on any atom is -0.381 e. The summed E-state index contributed by atoms with van der Waals surface area (Å²) in [6.45, 7) is 10.0. The Bertz CT molecular complexity index is 208. The van der Waals surface area contributed by atoms with Crippen molar-refractivity contribution in [2.75, 3.05) is 32.8 Å². The standard InChI is InChI=1S/C13H26N2O/c1-3-14-13-6-8-16-10-12(13)9-15-7-4-5-11(15)2/h11-14H,3-10H2,1-2H3. The number of rotatable bonds is 4. The van der Waals surface area contributed by atoms with Crippen molar-refractivity contribution in [1.82, 2.24) is 10.2 Å². The van der Waals surface area contributed by atoms with Gasteiger partial charge in [-0.2, -0.15) is 0 Å². The summed E-state index contributed by atoms with van der Waals surface area (Å²) in [7, 11) is 0. The van der Waals surface area contributed by atoms with Gasteiger partial charge in [-0.1, -0.05) is 6.92 Å². The molecule has 0 aromatic carbocycles. The zero-order valence-corrected chi connectivity index (χ0v) is 10.7. The minimum atomic E-state index is 0.673. The average molecular weight is 226 g/mol. The number of hydrogen-bond donors (Lipinski definition) is 1. The topological polar surface area (TPSA) is 24.5 Å². The lowest BCUT2D eigenvalue weighted by molar-refractivity contribution is 0.0161. The second-order valence-corrected chi connectivity index (χ2v) is 5.27. The summed E-state index contributed by atoms with van der Waals surface area (Å²) < 4.78 is 5.64. The molecule has 2 aliphatic rings. The molecule has 3 nitrogen and oxygen atoms in total. The van der Waals surface area contributed by atoms with Crippen LogP contribution in [0.25, 0.3) is 0 Å². The largest absolute Gasteiger partial charge is 0.381 e. The van der Waals surface area contributed by atoms with Crippen molar-refractivity contribution in [3.63, 3.8) is 0 Å². The average Bonchev–Trinajstić information content (AvgIpc) is 2.68. The number of likely N-dealkylation sites (tertiary alicyclic amines) is 1. The predicted molar refractivity (Wildman–Crippen MR) is 66.7 cm³/mol. The first-order chi connectivity index (χ1) is 7.81. The van der Waals surface area contributed by atoms with E-state index in [2.05, 4.69) is 24.1 Å². The number of hydrogen-bond acceptors (Lipinski definition) is 3. The number of nitrogens with one attached hydrogen (secondary N) is 1. The van der Waals surface area contributed by atoms with Crippen LogP contribution in [0.2, 0.25) is 0 Å². The third-order valence-electron chi connectivity index (χ3n) is 4.10. The van der Waals surface area contributed by atoms with Crippen molar-refractivity contribution in [2.45, 2.75) is 45.2 Å². The molecule has 0 aromatic rings. The SMILES string of the molecule is CCNC1CCOCC1CN1CCCC1C. The van der Waals surface area contributed by atoms with E-state index in [1.807, 2.05) is 0 Å². The van der Waals surface area contributed by atoms with Gasteiger partial charge in [0.25, 0.3) is 0 Å². The third-order valence-corrected chi connectivity index (χ3v) is 4.10. The van der Waals surface area contributed by atoms with Gasteiger partial charge in [0.1, 0.15) is 0 Å². The molecule has 2 rings (SSSR count). The molecule has 0 saturated carbocycles. The van der Waals surface area contributed by atoms with E-state index in [4.69, 9.17) is 4.74 Å². The molecule has 3 unspecified atom stereocenters. The smallest absolute Gasteiger partial charge is 0.0521 e. The molecule has 0 aromatic heterocycles. The molecule has 0 radical (unpaired) electrons. The lowest BCUT2D eigenvalue weighted by Gasteiger charge is -2.35. The Kier molecular flexibility index (Phi) is 4.62. The van der Waals surface area contributed by atoms with Crippen LogP contribution >= 0.6 is 0 Å². The molecule has 0 amide bonds. The summed E-state index contributed by atoms with van der Waals surface area (Å²) in [4.78, 5) is 2.64. The summed E-state index contributed by atoms with van der Waals surface area (Å²) in [6.07, 6.45) is 3.93. The highest BCUT2D eigenvalue weighted by Gasteiger charge is 2.29. The molecular formula is C13H26N2O. The van der Waals surface area contributed by atoms with E-state index in [0.29, 0.717) is 12.0 Å². The fraction of sp³-hybridized carbons (Fsp3) is 1.00. The van der Waals surface area contributed by atoms with E-state index < -0.39 is 0 Å².